The van der Waals surface area contributed by atoms with Gasteiger partial charge in [-0.2, -0.15) is 0 Å². The Labute approximate surface area is 139 Å². The number of fused-ring (bicyclic) bond motifs is 1. The number of carboxylic acid groups (broad SMARTS) is 1. The van der Waals surface area contributed by atoms with Crippen LogP contribution in [0.1, 0.15) is 34.9 Å². The van der Waals surface area contributed by atoms with Crippen LogP contribution in [0.3, 0.4) is 0 Å². The first kappa shape index (κ1) is 14.8. The third-order valence-electron chi connectivity index (χ3n) is 4.31. The molecule has 24 heavy (non-hydrogen) atoms. The van der Waals surface area contributed by atoms with Crippen molar-refractivity contribution in [2.45, 2.75) is 25.3 Å². The lowest BCUT2D eigenvalue weighted by Gasteiger charge is -2.10. The maximum absolute atomic E-state index is 10.9. The van der Waals surface area contributed by atoms with E-state index in [1.807, 2.05) is 18.2 Å². The summed E-state index contributed by atoms with van der Waals surface area (Å²) in [5.41, 5.74) is 2.44. The van der Waals surface area contributed by atoms with Crippen LogP contribution in [-0.2, 0) is 6.54 Å². The van der Waals surface area contributed by atoms with Crippen LogP contribution in [0.5, 0.6) is 5.75 Å². The van der Waals surface area contributed by atoms with Crippen molar-refractivity contribution < 1.29 is 14.6 Å². The normalized spacial score (nSPS) is 14.0. The van der Waals surface area contributed by atoms with E-state index in [-0.39, 0.29) is 5.56 Å². The highest BCUT2D eigenvalue weighted by Crippen LogP contribution is 2.40. The van der Waals surface area contributed by atoms with E-state index >= 15 is 0 Å². The molecule has 0 amide bonds. The average molecular weight is 322 g/mol. The molecule has 3 aromatic rings. The maximum Gasteiger partial charge on any atom is 0.335 e. The lowest BCUT2D eigenvalue weighted by Crippen LogP contribution is -2.11. The van der Waals surface area contributed by atoms with Crippen molar-refractivity contribution in [1.82, 2.24) is 9.55 Å². The van der Waals surface area contributed by atoms with Crippen LogP contribution < -0.4 is 4.74 Å². The van der Waals surface area contributed by atoms with Gasteiger partial charge in [0.25, 0.3) is 0 Å². The van der Waals surface area contributed by atoms with Gasteiger partial charge in [-0.05, 0) is 49.2 Å². The van der Waals surface area contributed by atoms with E-state index < -0.39 is 5.97 Å². The molecular weight excluding hydrogens is 304 g/mol. The van der Waals surface area contributed by atoms with Gasteiger partial charge in [-0.15, -0.1) is 0 Å². The highest BCUT2D eigenvalue weighted by Gasteiger charge is 2.29. The van der Waals surface area contributed by atoms with Crippen LogP contribution in [0.25, 0.3) is 11.0 Å². The monoisotopic (exact) mass is 322 g/mol. The molecule has 1 N–H and O–H groups in total. The fraction of sp³-hybridized carbons (Fsp3) is 0.263. The zero-order chi connectivity index (χ0) is 16.5. The second kappa shape index (κ2) is 6.00. The molecule has 1 aliphatic carbocycles. The first-order valence-electron chi connectivity index (χ1n) is 8.14. The van der Waals surface area contributed by atoms with E-state index in [1.54, 1.807) is 24.3 Å². The van der Waals surface area contributed by atoms with Crippen LogP contribution >= 0.6 is 0 Å². The molecule has 0 radical (unpaired) electrons. The van der Waals surface area contributed by atoms with E-state index in [9.17, 15) is 4.79 Å². The molecule has 122 valence electrons. The number of imidazole rings is 1. The summed E-state index contributed by atoms with van der Waals surface area (Å²) in [5, 5.41) is 8.91. The Morgan fingerprint density at radius 1 is 1.17 bits per heavy atom. The zero-order valence-corrected chi connectivity index (χ0v) is 13.2. The summed E-state index contributed by atoms with van der Waals surface area (Å²) in [6.45, 7) is 1.25. The van der Waals surface area contributed by atoms with E-state index in [0.29, 0.717) is 18.3 Å². The van der Waals surface area contributed by atoms with Crippen LogP contribution in [-0.4, -0.2) is 27.2 Å². The number of aromatic nitrogens is 2. The molecule has 5 nitrogen and oxygen atoms in total. The predicted octanol–water partition coefficient (Wildman–Crippen LogP) is 3.69. The summed E-state index contributed by atoms with van der Waals surface area (Å²) in [4.78, 5) is 15.6. The number of aromatic carboxylic acids is 1. The number of para-hydroxylation sites is 2. The Kier molecular flexibility index (Phi) is 3.69. The van der Waals surface area contributed by atoms with Gasteiger partial charge in [0.2, 0.25) is 0 Å². The van der Waals surface area contributed by atoms with E-state index in [4.69, 9.17) is 14.8 Å². The minimum atomic E-state index is -0.930. The molecule has 0 unspecified atom stereocenters. The predicted molar refractivity (Wildman–Crippen MR) is 90.6 cm³/mol. The number of nitrogens with zero attached hydrogens (tertiary/aromatic N) is 2. The van der Waals surface area contributed by atoms with E-state index in [2.05, 4.69) is 10.6 Å². The molecule has 5 heteroatoms. The molecule has 1 aliphatic rings. The van der Waals surface area contributed by atoms with Crippen molar-refractivity contribution in [2.75, 3.05) is 6.61 Å². The number of benzene rings is 2. The molecule has 1 aromatic heterocycles. The third kappa shape index (κ3) is 2.85. The quantitative estimate of drug-likeness (QED) is 0.752. The average Bonchev–Trinajstić information content (AvgIpc) is 3.38. The molecule has 4 rings (SSSR count). The summed E-state index contributed by atoms with van der Waals surface area (Å²) in [6, 6.07) is 14.7. The summed E-state index contributed by atoms with van der Waals surface area (Å²) in [6.07, 6.45) is 2.42. The Hall–Kier alpha value is -2.82. The zero-order valence-electron chi connectivity index (χ0n) is 13.2. The molecule has 1 saturated carbocycles. The van der Waals surface area contributed by atoms with Crippen LogP contribution in [0.15, 0.2) is 48.5 Å². The van der Waals surface area contributed by atoms with Crippen molar-refractivity contribution in [2.24, 2.45) is 0 Å². The highest BCUT2D eigenvalue weighted by molar-refractivity contribution is 5.87. The fourth-order valence-corrected chi connectivity index (χ4v) is 2.93. The van der Waals surface area contributed by atoms with Gasteiger partial charge in [0, 0.05) is 5.92 Å². The minimum Gasteiger partial charge on any atom is -0.492 e. The van der Waals surface area contributed by atoms with Crippen molar-refractivity contribution in [1.29, 1.82) is 0 Å². The van der Waals surface area contributed by atoms with Crippen LogP contribution in [0, 0.1) is 0 Å². The molecule has 0 saturated heterocycles. The smallest absolute Gasteiger partial charge is 0.335 e. The first-order valence-corrected chi connectivity index (χ1v) is 8.14. The van der Waals surface area contributed by atoms with Gasteiger partial charge in [-0.1, -0.05) is 12.1 Å². The Morgan fingerprint density at radius 3 is 2.62 bits per heavy atom. The molecule has 0 spiro atoms. The SMILES string of the molecule is O=C(O)c1ccc(OCCn2c(C3CC3)nc3ccccc32)cc1. The fourth-order valence-electron chi connectivity index (χ4n) is 2.93. The van der Waals surface area contributed by atoms with Gasteiger partial charge in [0.15, 0.2) is 0 Å². The van der Waals surface area contributed by atoms with Gasteiger partial charge in [-0.25, -0.2) is 9.78 Å². The lowest BCUT2D eigenvalue weighted by atomic mass is 10.2. The van der Waals surface area contributed by atoms with Crippen LogP contribution in [0.4, 0.5) is 0 Å². The molecule has 0 bridgehead atoms. The largest absolute Gasteiger partial charge is 0.492 e. The third-order valence-corrected chi connectivity index (χ3v) is 4.31. The standard InChI is InChI=1S/C19H18N2O3/c22-19(23)14-7-9-15(10-8-14)24-12-11-21-17-4-2-1-3-16(17)20-18(21)13-5-6-13/h1-4,7-10,13H,5-6,11-12H2,(H,22,23). The second-order valence-corrected chi connectivity index (χ2v) is 6.06. The molecule has 2 aromatic carbocycles. The summed E-state index contributed by atoms with van der Waals surface area (Å²) in [5.74, 6) is 1.48. The molecule has 1 heterocycles. The minimum absolute atomic E-state index is 0.263. The Morgan fingerprint density at radius 2 is 1.92 bits per heavy atom. The van der Waals surface area contributed by atoms with Gasteiger partial charge < -0.3 is 14.4 Å². The topological polar surface area (TPSA) is 64.3 Å². The maximum atomic E-state index is 10.9. The summed E-state index contributed by atoms with van der Waals surface area (Å²) in [7, 11) is 0. The van der Waals surface area contributed by atoms with Gasteiger partial charge >= 0.3 is 5.97 Å². The van der Waals surface area contributed by atoms with Crippen molar-refractivity contribution in [3.05, 3.63) is 59.9 Å². The van der Waals surface area contributed by atoms with E-state index in [1.165, 1.54) is 12.8 Å². The lowest BCUT2D eigenvalue weighted by molar-refractivity contribution is 0.0697. The highest BCUT2D eigenvalue weighted by atomic mass is 16.5. The summed E-state index contributed by atoms with van der Waals surface area (Å²) < 4.78 is 8.03. The Bertz CT molecular complexity index is 879. The van der Waals surface area contributed by atoms with Gasteiger partial charge in [-0.3, -0.25) is 0 Å². The van der Waals surface area contributed by atoms with Crippen molar-refractivity contribution >= 4 is 17.0 Å². The van der Waals surface area contributed by atoms with Crippen LogP contribution in [0.2, 0.25) is 0 Å². The van der Waals surface area contributed by atoms with Gasteiger partial charge in [0.05, 0.1) is 23.1 Å². The number of hydrogen-bond acceptors (Lipinski definition) is 3. The number of ether oxygens (including phenoxy) is 1. The molecular formula is C19H18N2O3. The number of carboxylic acids is 1. The number of carbonyl (C=O) groups is 1. The molecule has 1 fully saturated rings. The number of rotatable bonds is 6. The Balaban J connectivity index is 1.48. The van der Waals surface area contributed by atoms with Gasteiger partial charge in [0.1, 0.15) is 18.2 Å². The second-order valence-electron chi connectivity index (χ2n) is 6.06. The number of hydrogen-bond donors (Lipinski definition) is 1. The van der Waals surface area contributed by atoms with Crippen molar-refractivity contribution in [3.8, 4) is 5.75 Å². The first-order chi connectivity index (χ1) is 11.7. The van der Waals surface area contributed by atoms with Crippen molar-refractivity contribution in [3.63, 3.8) is 0 Å². The summed E-state index contributed by atoms with van der Waals surface area (Å²) >= 11 is 0. The molecule has 0 aliphatic heterocycles. The van der Waals surface area contributed by atoms with E-state index in [0.717, 1.165) is 23.4 Å². The molecule has 0 atom stereocenters.